The SMILES string of the molecule is CC(C)NC(=O)CN(C)Cc1csc(C(=O)O)n1. The number of nitrogens with one attached hydrogen (secondary N) is 1. The summed E-state index contributed by atoms with van der Waals surface area (Å²) >= 11 is 1.09. The Labute approximate surface area is 110 Å². The van der Waals surface area contributed by atoms with E-state index in [4.69, 9.17) is 5.11 Å². The Morgan fingerprint density at radius 1 is 1.56 bits per heavy atom. The lowest BCUT2D eigenvalue weighted by Crippen LogP contribution is -2.38. The summed E-state index contributed by atoms with van der Waals surface area (Å²) in [5, 5.41) is 13.3. The third-order valence-corrected chi connectivity index (χ3v) is 2.91. The first-order valence-electron chi connectivity index (χ1n) is 5.54. The fraction of sp³-hybridized carbons (Fsp3) is 0.545. The quantitative estimate of drug-likeness (QED) is 0.799. The summed E-state index contributed by atoms with van der Waals surface area (Å²) in [7, 11) is 1.79. The van der Waals surface area contributed by atoms with Gasteiger partial charge in [0.15, 0.2) is 0 Å². The fourth-order valence-electron chi connectivity index (χ4n) is 1.42. The van der Waals surface area contributed by atoms with Gasteiger partial charge in [0.2, 0.25) is 10.9 Å². The van der Waals surface area contributed by atoms with Crippen molar-refractivity contribution in [2.24, 2.45) is 0 Å². The number of thiazole rings is 1. The summed E-state index contributed by atoms with van der Waals surface area (Å²) in [6.45, 7) is 4.52. The molecular weight excluding hydrogens is 254 g/mol. The van der Waals surface area contributed by atoms with Crippen molar-refractivity contribution in [2.45, 2.75) is 26.4 Å². The number of amides is 1. The van der Waals surface area contributed by atoms with Crippen LogP contribution in [-0.4, -0.2) is 46.5 Å². The van der Waals surface area contributed by atoms with Crippen molar-refractivity contribution in [1.82, 2.24) is 15.2 Å². The first-order chi connectivity index (χ1) is 8.38. The molecule has 0 unspecified atom stereocenters. The van der Waals surface area contributed by atoms with Gasteiger partial charge in [-0.25, -0.2) is 9.78 Å². The number of nitrogens with zero attached hydrogens (tertiary/aromatic N) is 2. The number of hydrogen-bond donors (Lipinski definition) is 2. The van der Waals surface area contributed by atoms with Crippen molar-refractivity contribution in [3.8, 4) is 0 Å². The third kappa shape index (κ3) is 4.80. The fourth-order valence-corrected chi connectivity index (χ4v) is 2.07. The second-order valence-corrected chi connectivity index (χ2v) is 5.20. The van der Waals surface area contributed by atoms with Gasteiger partial charge in [0.1, 0.15) is 0 Å². The number of likely N-dealkylation sites (N-methyl/N-ethyl adjacent to an activating group) is 1. The van der Waals surface area contributed by atoms with Crippen LogP contribution in [0.3, 0.4) is 0 Å². The van der Waals surface area contributed by atoms with E-state index in [0.29, 0.717) is 12.2 Å². The summed E-state index contributed by atoms with van der Waals surface area (Å²) in [6, 6.07) is 0.115. The molecule has 1 rings (SSSR count). The lowest BCUT2D eigenvalue weighted by molar-refractivity contribution is -0.122. The summed E-state index contributed by atoms with van der Waals surface area (Å²) in [5.74, 6) is -1.08. The molecule has 1 aromatic heterocycles. The number of carbonyl (C=O) groups is 2. The van der Waals surface area contributed by atoms with Crippen LogP contribution in [-0.2, 0) is 11.3 Å². The van der Waals surface area contributed by atoms with Crippen molar-refractivity contribution in [1.29, 1.82) is 0 Å². The highest BCUT2D eigenvalue weighted by molar-refractivity contribution is 7.11. The van der Waals surface area contributed by atoms with E-state index in [1.165, 1.54) is 0 Å². The van der Waals surface area contributed by atoms with Gasteiger partial charge in [-0.1, -0.05) is 0 Å². The van der Waals surface area contributed by atoms with Crippen molar-refractivity contribution < 1.29 is 14.7 Å². The molecule has 0 atom stereocenters. The number of carboxylic acid groups (broad SMARTS) is 1. The summed E-state index contributed by atoms with van der Waals surface area (Å²) in [6.07, 6.45) is 0. The van der Waals surface area contributed by atoms with Crippen molar-refractivity contribution >= 4 is 23.2 Å². The van der Waals surface area contributed by atoms with Gasteiger partial charge in [-0.2, -0.15) is 0 Å². The number of carbonyl (C=O) groups excluding carboxylic acids is 1. The van der Waals surface area contributed by atoms with Crippen LogP contribution in [0.4, 0.5) is 0 Å². The molecule has 2 N–H and O–H groups in total. The summed E-state index contributed by atoms with van der Waals surface area (Å²) in [4.78, 5) is 27.9. The summed E-state index contributed by atoms with van der Waals surface area (Å²) < 4.78 is 0. The predicted molar refractivity (Wildman–Crippen MR) is 68.7 cm³/mol. The lowest BCUT2D eigenvalue weighted by atomic mass is 10.3. The maximum absolute atomic E-state index is 11.5. The van der Waals surface area contributed by atoms with E-state index >= 15 is 0 Å². The highest BCUT2D eigenvalue weighted by atomic mass is 32.1. The zero-order valence-electron chi connectivity index (χ0n) is 10.6. The Bertz CT molecular complexity index is 431. The van der Waals surface area contributed by atoms with Gasteiger partial charge in [0.05, 0.1) is 12.2 Å². The highest BCUT2D eigenvalue weighted by Crippen LogP contribution is 2.10. The minimum Gasteiger partial charge on any atom is -0.476 e. The monoisotopic (exact) mass is 271 g/mol. The normalized spacial score (nSPS) is 10.9. The molecule has 0 aromatic carbocycles. The van der Waals surface area contributed by atoms with Crippen LogP contribution in [0.5, 0.6) is 0 Å². The smallest absolute Gasteiger partial charge is 0.365 e. The number of aromatic carboxylic acids is 1. The average Bonchev–Trinajstić information content (AvgIpc) is 2.63. The second kappa shape index (κ2) is 6.46. The van der Waals surface area contributed by atoms with Crippen LogP contribution in [0.2, 0.25) is 0 Å². The van der Waals surface area contributed by atoms with Gasteiger partial charge in [-0.15, -0.1) is 11.3 Å². The Hall–Kier alpha value is -1.47. The maximum atomic E-state index is 11.5. The Morgan fingerprint density at radius 3 is 2.72 bits per heavy atom. The standard InChI is InChI=1S/C11H17N3O3S/c1-7(2)12-9(15)5-14(3)4-8-6-18-10(13-8)11(16)17/h6-7H,4-5H2,1-3H3,(H,12,15)(H,16,17). The van der Waals surface area contributed by atoms with Crippen LogP contribution < -0.4 is 5.32 Å². The Kier molecular flexibility index (Phi) is 5.24. The minimum atomic E-state index is -1.02. The molecule has 18 heavy (non-hydrogen) atoms. The molecule has 0 fully saturated rings. The van der Waals surface area contributed by atoms with Crippen LogP contribution in [0, 0.1) is 0 Å². The van der Waals surface area contributed by atoms with Gasteiger partial charge in [-0.3, -0.25) is 9.69 Å². The number of rotatable bonds is 6. The number of aromatic nitrogens is 1. The molecule has 0 saturated carbocycles. The van der Waals surface area contributed by atoms with Gasteiger partial charge >= 0.3 is 5.97 Å². The maximum Gasteiger partial charge on any atom is 0.365 e. The van der Waals surface area contributed by atoms with Gasteiger partial charge in [0.25, 0.3) is 0 Å². The van der Waals surface area contributed by atoms with Crippen molar-refractivity contribution in [3.63, 3.8) is 0 Å². The Balaban J connectivity index is 2.46. The first-order valence-corrected chi connectivity index (χ1v) is 6.42. The largest absolute Gasteiger partial charge is 0.476 e. The molecular formula is C11H17N3O3S. The second-order valence-electron chi connectivity index (χ2n) is 4.34. The van der Waals surface area contributed by atoms with Crippen LogP contribution in [0.15, 0.2) is 5.38 Å². The van der Waals surface area contributed by atoms with Crippen molar-refractivity contribution in [3.05, 3.63) is 16.1 Å². The highest BCUT2D eigenvalue weighted by Gasteiger charge is 2.12. The zero-order valence-corrected chi connectivity index (χ0v) is 11.5. The van der Waals surface area contributed by atoms with Crippen LogP contribution >= 0.6 is 11.3 Å². The molecule has 0 saturated heterocycles. The average molecular weight is 271 g/mol. The summed E-state index contributed by atoms with van der Waals surface area (Å²) in [5.41, 5.74) is 0.664. The molecule has 1 amide bonds. The molecule has 0 aliphatic carbocycles. The van der Waals surface area contributed by atoms with E-state index in [1.807, 2.05) is 13.8 Å². The topological polar surface area (TPSA) is 82.5 Å². The molecule has 7 heteroatoms. The van der Waals surface area contributed by atoms with E-state index in [0.717, 1.165) is 11.3 Å². The zero-order chi connectivity index (χ0) is 13.7. The molecule has 0 aliphatic rings. The van der Waals surface area contributed by atoms with E-state index < -0.39 is 5.97 Å². The van der Waals surface area contributed by atoms with E-state index in [1.54, 1.807) is 17.3 Å². The number of hydrogen-bond acceptors (Lipinski definition) is 5. The van der Waals surface area contributed by atoms with Gasteiger partial charge in [0, 0.05) is 18.0 Å². The molecule has 0 spiro atoms. The predicted octanol–water partition coefficient (Wildman–Crippen LogP) is 0.798. The van der Waals surface area contributed by atoms with E-state index in [-0.39, 0.29) is 23.5 Å². The molecule has 0 bridgehead atoms. The third-order valence-electron chi connectivity index (χ3n) is 2.03. The molecule has 1 aromatic rings. The van der Waals surface area contributed by atoms with E-state index in [2.05, 4.69) is 10.3 Å². The minimum absolute atomic E-state index is 0.0545. The lowest BCUT2D eigenvalue weighted by Gasteiger charge is -2.16. The molecule has 0 radical (unpaired) electrons. The van der Waals surface area contributed by atoms with Crippen LogP contribution in [0.1, 0.15) is 29.3 Å². The van der Waals surface area contributed by atoms with Crippen molar-refractivity contribution in [2.75, 3.05) is 13.6 Å². The van der Waals surface area contributed by atoms with Gasteiger partial charge in [-0.05, 0) is 20.9 Å². The number of carboxylic acids is 1. The Morgan fingerprint density at radius 2 is 2.22 bits per heavy atom. The molecule has 0 aliphatic heterocycles. The molecule has 100 valence electrons. The first kappa shape index (κ1) is 14.6. The van der Waals surface area contributed by atoms with E-state index in [9.17, 15) is 9.59 Å². The molecule has 1 heterocycles. The molecule has 6 nitrogen and oxygen atoms in total. The van der Waals surface area contributed by atoms with Gasteiger partial charge < -0.3 is 10.4 Å². The van der Waals surface area contributed by atoms with Crippen LogP contribution in [0.25, 0.3) is 0 Å².